The quantitative estimate of drug-likeness (QED) is 0.818. The highest BCUT2D eigenvalue weighted by Crippen LogP contribution is 2.27. The van der Waals surface area contributed by atoms with Gasteiger partial charge in [-0.1, -0.05) is 32.5 Å². The molecule has 0 bridgehead atoms. The van der Waals surface area contributed by atoms with Crippen LogP contribution in [0.25, 0.3) is 0 Å². The van der Waals surface area contributed by atoms with Gasteiger partial charge < -0.3 is 5.32 Å². The number of pyridine rings is 1. The van der Waals surface area contributed by atoms with Gasteiger partial charge in [0, 0.05) is 12.2 Å². The summed E-state index contributed by atoms with van der Waals surface area (Å²) in [5.41, 5.74) is 0.562. The summed E-state index contributed by atoms with van der Waals surface area (Å²) in [4.78, 5) is 16.5. The zero-order valence-electron chi connectivity index (χ0n) is 12.4. The average Bonchev–Trinajstić information content (AvgIpc) is 2.44. The summed E-state index contributed by atoms with van der Waals surface area (Å²) in [6.07, 6.45) is 2.51. The van der Waals surface area contributed by atoms with Crippen LogP contribution in [0.4, 0.5) is 0 Å². The molecule has 1 aromatic rings. The average molecular weight is 291 g/mol. The smallest absolute Gasteiger partial charge is 0.234 e. The normalized spacial score (nSPS) is 13.6. The lowest BCUT2D eigenvalue weighted by Crippen LogP contribution is -2.40. The maximum Gasteiger partial charge on any atom is 0.234 e. The van der Waals surface area contributed by atoms with Gasteiger partial charge in [0.2, 0.25) is 5.91 Å². The molecule has 1 N–H and O–H groups in total. The van der Waals surface area contributed by atoms with E-state index in [4.69, 9.17) is 5.26 Å². The number of nitrogens with zero attached hydrogens (tertiary/aromatic N) is 2. The van der Waals surface area contributed by atoms with Gasteiger partial charge in [-0.05, 0) is 31.4 Å². The third-order valence-electron chi connectivity index (χ3n) is 2.98. The first kappa shape index (κ1) is 16.5. The first-order valence-corrected chi connectivity index (χ1v) is 7.69. The number of hydrogen-bond donors (Lipinski definition) is 1. The summed E-state index contributed by atoms with van der Waals surface area (Å²) in [5.74, 6) is 0.222. The summed E-state index contributed by atoms with van der Waals surface area (Å²) in [6, 6.07) is 5.63. The Hall–Kier alpha value is -1.54. The minimum atomic E-state index is -0.203. The van der Waals surface area contributed by atoms with E-state index in [9.17, 15) is 4.79 Å². The summed E-state index contributed by atoms with van der Waals surface area (Å²) < 4.78 is 0. The van der Waals surface area contributed by atoms with Gasteiger partial charge in [0.15, 0.2) is 0 Å². The Labute approximate surface area is 125 Å². The molecule has 0 aliphatic carbocycles. The first-order valence-electron chi connectivity index (χ1n) is 6.81. The Morgan fingerprint density at radius 1 is 1.50 bits per heavy atom. The van der Waals surface area contributed by atoms with Gasteiger partial charge in [0.25, 0.3) is 0 Å². The largest absolute Gasteiger partial charge is 0.353 e. The lowest BCUT2D eigenvalue weighted by atomic mass is 10.1. The third-order valence-corrected chi connectivity index (χ3v) is 4.45. The third kappa shape index (κ3) is 4.86. The minimum Gasteiger partial charge on any atom is -0.353 e. The highest BCUT2D eigenvalue weighted by Gasteiger charge is 2.24. The Morgan fingerprint density at radius 3 is 2.75 bits per heavy atom. The molecular formula is C15H21N3OS. The Morgan fingerprint density at radius 2 is 2.20 bits per heavy atom. The molecule has 0 saturated carbocycles. The predicted octanol–water partition coefficient (Wildman–Crippen LogP) is 2.98. The van der Waals surface area contributed by atoms with E-state index in [1.807, 2.05) is 27.7 Å². The van der Waals surface area contributed by atoms with Crippen LogP contribution in [0.3, 0.4) is 0 Å². The van der Waals surface area contributed by atoms with Crippen molar-refractivity contribution in [2.45, 2.75) is 50.4 Å². The van der Waals surface area contributed by atoms with E-state index in [1.54, 1.807) is 18.3 Å². The molecule has 0 aromatic carbocycles. The van der Waals surface area contributed by atoms with Gasteiger partial charge in [0.05, 0.1) is 21.9 Å². The molecular weight excluding hydrogens is 270 g/mol. The molecule has 0 aliphatic rings. The van der Waals surface area contributed by atoms with Gasteiger partial charge in [-0.2, -0.15) is 5.26 Å². The van der Waals surface area contributed by atoms with Crippen molar-refractivity contribution >= 4 is 17.7 Å². The van der Waals surface area contributed by atoms with E-state index >= 15 is 0 Å². The monoisotopic (exact) mass is 291 g/mol. The van der Waals surface area contributed by atoms with E-state index in [-0.39, 0.29) is 23.1 Å². The molecule has 4 nitrogen and oxygen atoms in total. The number of aromatic nitrogens is 1. The first-order chi connectivity index (χ1) is 9.47. The van der Waals surface area contributed by atoms with Crippen molar-refractivity contribution in [3.63, 3.8) is 0 Å². The SMILES string of the molecule is CCC(C)NC(=O)C(Sc1cc(C#N)ccn1)C(C)C. The lowest BCUT2D eigenvalue weighted by molar-refractivity contribution is -0.121. The fourth-order valence-electron chi connectivity index (χ4n) is 1.59. The number of thioether (sulfide) groups is 1. The molecule has 5 heteroatoms. The van der Waals surface area contributed by atoms with E-state index in [0.29, 0.717) is 10.6 Å². The lowest BCUT2D eigenvalue weighted by Gasteiger charge is -2.21. The van der Waals surface area contributed by atoms with Gasteiger partial charge in [-0.15, -0.1) is 0 Å². The fraction of sp³-hybridized carbons (Fsp3) is 0.533. The zero-order valence-corrected chi connectivity index (χ0v) is 13.2. The molecule has 2 atom stereocenters. The van der Waals surface area contributed by atoms with Crippen LogP contribution < -0.4 is 5.32 Å². The molecule has 0 radical (unpaired) electrons. The van der Waals surface area contributed by atoms with Crippen LogP contribution in [-0.4, -0.2) is 22.2 Å². The molecule has 0 fully saturated rings. The van der Waals surface area contributed by atoms with E-state index in [1.165, 1.54) is 11.8 Å². The number of hydrogen-bond acceptors (Lipinski definition) is 4. The van der Waals surface area contributed by atoms with Crippen molar-refractivity contribution in [2.24, 2.45) is 5.92 Å². The van der Waals surface area contributed by atoms with Crippen molar-refractivity contribution in [1.29, 1.82) is 5.26 Å². The molecule has 0 saturated heterocycles. The van der Waals surface area contributed by atoms with Crippen LogP contribution in [0.15, 0.2) is 23.4 Å². The molecule has 20 heavy (non-hydrogen) atoms. The second-order valence-electron chi connectivity index (χ2n) is 5.09. The molecule has 1 amide bonds. The van der Waals surface area contributed by atoms with E-state index in [0.717, 1.165) is 6.42 Å². The van der Waals surface area contributed by atoms with E-state index in [2.05, 4.69) is 16.4 Å². The number of carbonyl (C=O) groups is 1. The van der Waals surface area contributed by atoms with Crippen LogP contribution in [-0.2, 0) is 4.79 Å². The summed E-state index contributed by atoms with van der Waals surface area (Å²) in [6.45, 7) is 8.07. The predicted molar refractivity (Wildman–Crippen MR) is 81.3 cm³/mol. The van der Waals surface area contributed by atoms with Crippen molar-refractivity contribution < 1.29 is 4.79 Å². The van der Waals surface area contributed by atoms with Crippen molar-refractivity contribution in [1.82, 2.24) is 10.3 Å². The molecule has 0 spiro atoms. The summed E-state index contributed by atoms with van der Waals surface area (Å²) in [7, 11) is 0. The van der Waals surface area contributed by atoms with Gasteiger partial charge in [-0.3, -0.25) is 4.79 Å². The molecule has 1 heterocycles. The summed E-state index contributed by atoms with van der Waals surface area (Å²) in [5, 5.41) is 12.4. The molecule has 0 aliphatic heterocycles. The maximum absolute atomic E-state index is 12.3. The second-order valence-corrected chi connectivity index (χ2v) is 6.26. The Kier molecular flexibility index (Phi) is 6.53. The van der Waals surface area contributed by atoms with E-state index < -0.39 is 0 Å². The Balaban J connectivity index is 2.81. The highest BCUT2D eigenvalue weighted by atomic mass is 32.2. The van der Waals surface area contributed by atoms with Crippen LogP contribution >= 0.6 is 11.8 Å². The van der Waals surface area contributed by atoms with Crippen molar-refractivity contribution in [2.75, 3.05) is 0 Å². The number of carbonyl (C=O) groups excluding carboxylic acids is 1. The number of nitrogens with one attached hydrogen (secondary N) is 1. The van der Waals surface area contributed by atoms with Crippen molar-refractivity contribution in [3.8, 4) is 6.07 Å². The minimum absolute atomic E-state index is 0.0310. The molecule has 1 rings (SSSR count). The van der Waals surface area contributed by atoms with Crippen molar-refractivity contribution in [3.05, 3.63) is 23.9 Å². The number of rotatable bonds is 6. The fourth-order valence-corrected chi connectivity index (χ4v) is 2.62. The van der Waals surface area contributed by atoms with Crippen LogP contribution in [0, 0.1) is 17.2 Å². The maximum atomic E-state index is 12.3. The van der Waals surface area contributed by atoms with Gasteiger partial charge in [-0.25, -0.2) is 4.98 Å². The molecule has 1 aromatic heterocycles. The standard InChI is InChI=1S/C15H21N3OS/c1-5-11(4)18-15(19)14(10(2)3)20-13-8-12(9-16)6-7-17-13/h6-8,10-11,14H,5H2,1-4H3,(H,18,19). The zero-order chi connectivity index (χ0) is 15.1. The number of amides is 1. The molecule has 108 valence electrons. The van der Waals surface area contributed by atoms with Crippen LogP contribution in [0.5, 0.6) is 0 Å². The number of nitriles is 1. The Bertz CT molecular complexity index is 496. The summed E-state index contributed by atoms with van der Waals surface area (Å²) >= 11 is 1.41. The second kappa shape index (κ2) is 7.91. The van der Waals surface area contributed by atoms with Gasteiger partial charge in [0.1, 0.15) is 0 Å². The topological polar surface area (TPSA) is 65.8 Å². The van der Waals surface area contributed by atoms with Gasteiger partial charge >= 0.3 is 0 Å². The van der Waals surface area contributed by atoms with Crippen LogP contribution in [0.2, 0.25) is 0 Å². The highest BCUT2D eigenvalue weighted by molar-refractivity contribution is 8.00. The molecule has 2 unspecified atom stereocenters. The van der Waals surface area contributed by atoms with Crippen LogP contribution in [0.1, 0.15) is 39.7 Å².